The molecule has 0 unspecified atom stereocenters. The molecular weight excluding hydrogens is 198 g/mol. The van der Waals surface area contributed by atoms with E-state index in [2.05, 4.69) is 5.32 Å². The van der Waals surface area contributed by atoms with Gasteiger partial charge in [-0.15, -0.1) is 0 Å². The predicted molar refractivity (Wildman–Crippen MR) is 70.6 cm³/mol. The maximum atomic E-state index is 11.3. The van der Waals surface area contributed by atoms with Crippen LogP contribution in [0.15, 0.2) is 35.9 Å². The lowest BCUT2D eigenvalue weighted by Gasteiger charge is -2.02. The van der Waals surface area contributed by atoms with Crippen molar-refractivity contribution < 1.29 is 4.79 Å². The molecule has 0 bridgehead atoms. The van der Waals surface area contributed by atoms with Crippen LogP contribution in [0.25, 0.3) is 0 Å². The Morgan fingerprint density at radius 2 is 1.62 bits per heavy atom. The van der Waals surface area contributed by atoms with E-state index in [1.54, 1.807) is 6.08 Å². The average molecular weight is 219 g/mol. The Labute approximate surface area is 98.4 Å². The van der Waals surface area contributed by atoms with Crippen LogP contribution in [0.3, 0.4) is 0 Å². The molecule has 1 rings (SSSR count). The lowest BCUT2D eigenvalue weighted by molar-refractivity contribution is -0.111. The van der Waals surface area contributed by atoms with Gasteiger partial charge in [0.25, 0.3) is 0 Å². The van der Waals surface area contributed by atoms with Crippen molar-refractivity contribution >= 4 is 11.6 Å². The molecule has 0 aliphatic carbocycles. The molecule has 0 aliphatic rings. The molecule has 0 radical (unpaired) electrons. The van der Waals surface area contributed by atoms with Gasteiger partial charge in [0.15, 0.2) is 0 Å². The SMILES string of the molecule is CC.CC(C)=CC(=O)Nc1ccc(C)cc1. The van der Waals surface area contributed by atoms with E-state index in [1.807, 2.05) is 58.9 Å². The molecular formula is C14H21NO. The van der Waals surface area contributed by atoms with Crippen molar-refractivity contribution in [2.24, 2.45) is 0 Å². The summed E-state index contributed by atoms with van der Waals surface area (Å²) in [7, 11) is 0. The first kappa shape index (κ1) is 14.4. The van der Waals surface area contributed by atoms with Gasteiger partial charge in [0, 0.05) is 11.8 Å². The van der Waals surface area contributed by atoms with Gasteiger partial charge in [-0.1, -0.05) is 37.1 Å². The quantitative estimate of drug-likeness (QED) is 0.750. The Morgan fingerprint density at radius 1 is 1.12 bits per heavy atom. The van der Waals surface area contributed by atoms with Crippen LogP contribution in [0, 0.1) is 6.92 Å². The Balaban J connectivity index is 0.00000106. The number of amides is 1. The van der Waals surface area contributed by atoms with Crippen molar-refractivity contribution in [3.05, 3.63) is 41.5 Å². The summed E-state index contributed by atoms with van der Waals surface area (Å²) in [6.07, 6.45) is 1.58. The number of nitrogens with one attached hydrogen (secondary N) is 1. The van der Waals surface area contributed by atoms with Gasteiger partial charge in [-0.3, -0.25) is 4.79 Å². The minimum atomic E-state index is -0.0751. The van der Waals surface area contributed by atoms with Gasteiger partial charge in [-0.25, -0.2) is 0 Å². The minimum Gasteiger partial charge on any atom is -0.323 e. The summed E-state index contributed by atoms with van der Waals surface area (Å²) in [6, 6.07) is 7.73. The van der Waals surface area contributed by atoms with E-state index in [0.717, 1.165) is 11.3 Å². The number of anilines is 1. The van der Waals surface area contributed by atoms with Gasteiger partial charge in [-0.2, -0.15) is 0 Å². The zero-order valence-electron chi connectivity index (χ0n) is 10.8. The second-order valence-electron chi connectivity index (χ2n) is 3.58. The second kappa shape index (κ2) is 7.69. The van der Waals surface area contributed by atoms with Gasteiger partial charge in [0.2, 0.25) is 5.91 Å². The normalized spacial score (nSPS) is 8.56. The first-order valence-electron chi connectivity index (χ1n) is 5.60. The molecule has 0 saturated carbocycles. The molecule has 0 spiro atoms. The molecule has 0 fully saturated rings. The lowest BCUT2D eigenvalue weighted by atomic mass is 10.2. The van der Waals surface area contributed by atoms with Gasteiger partial charge in [0.05, 0.1) is 0 Å². The Morgan fingerprint density at radius 3 is 2.06 bits per heavy atom. The number of allylic oxidation sites excluding steroid dienone is 1. The summed E-state index contributed by atoms with van der Waals surface area (Å²) in [5.41, 5.74) is 3.01. The molecule has 2 nitrogen and oxygen atoms in total. The number of hydrogen-bond acceptors (Lipinski definition) is 1. The van der Waals surface area contributed by atoms with E-state index in [0.29, 0.717) is 0 Å². The highest BCUT2D eigenvalue weighted by molar-refractivity contribution is 5.99. The standard InChI is InChI=1S/C12H15NO.C2H6/c1-9(2)8-12(14)13-11-6-4-10(3)5-7-11;1-2/h4-8H,1-3H3,(H,13,14);1-2H3. The van der Waals surface area contributed by atoms with Crippen LogP contribution in [-0.4, -0.2) is 5.91 Å². The van der Waals surface area contributed by atoms with Crippen molar-refractivity contribution in [2.45, 2.75) is 34.6 Å². The molecule has 1 aromatic carbocycles. The summed E-state index contributed by atoms with van der Waals surface area (Å²) >= 11 is 0. The molecule has 0 aromatic heterocycles. The first-order chi connectivity index (χ1) is 7.58. The van der Waals surface area contributed by atoms with Crippen molar-refractivity contribution in [3.8, 4) is 0 Å². The predicted octanol–water partition coefficient (Wildman–Crippen LogP) is 3.93. The van der Waals surface area contributed by atoms with Gasteiger partial charge in [-0.05, 0) is 32.9 Å². The van der Waals surface area contributed by atoms with E-state index in [1.165, 1.54) is 5.56 Å². The summed E-state index contributed by atoms with van der Waals surface area (Å²) in [5, 5.41) is 2.79. The van der Waals surface area contributed by atoms with Crippen LogP contribution in [0.2, 0.25) is 0 Å². The highest BCUT2D eigenvalue weighted by atomic mass is 16.1. The Hall–Kier alpha value is -1.57. The Kier molecular flexibility index (Phi) is 6.93. The number of carbonyl (C=O) groups excluding carboxylic acids is 1. The minimum absolute atomic E-state index is 0.0751. The lowest BCUT2D eigenvalue weighted by Crippen LogP contribution is -2.08. The fraction of sp³-hybridized carbons (Fsp3) is 0.357. The zero-order valence-corrected chi connectivity index (χ0v) is 10.8. The van der Waals surface area contributed by atoms with E-state index in [4.69, 9.17) is 0 Å². The van der Waals surface area contributed by atoms with Crippen molar-refractivity contribution in [2.75, 3.05) is 5.32 Å². The van der Waals surface area contributed by atoms with E-state index in [9.17, 15) is 4.79 Å². The zero-order chi connectivity index (χ0) is 12.6. The highest BCUT2D eigenvalue weighted by Crippen LogP contribution is 2.08. The van der Waals surface area contributed by atoms with Crippen molar-refractivity contribution in [1.29, 1.82) is 0 Å². The third-order valence-electron chi connectivity index (χ3n) is 1.74. The van der Waals surface area contributed by atoms with Crippen LogP contribution in [0.5, 0.6) is 0 Å². The Bertz CT molecular complexity index is 346. The molecule has 0 saturated heterocycles. The molecule has 1 N–H and O–H groups in total. The monoisotopic (exact) mass is 219 g/mol. The summed E-state index contributed by atoms with van der Waals surface area (Å²) in [4.78, 5) is 11.3. The largest absolute Gasteiger partial charge is 0.323 e. The molecule has 16 heavy (non-hydrogen) atoms. The fourth-order valence-electron chi connectivity index (χ4n) is 1.08. The molecule has 2 heteroatoms. The summed E-state index contributed by atoms with van der Waals surface area (Å²) in [5.74, 6) is -0.0751. The molecule has 0 heterocycles. The molecule has 1 aromatic rings. The van der Waals surface area contributed by atoms with Crippen molar-refractivity contribution in [3.63, 3.8) is 0 Å². The third-order valence-corrected chi connectivity index (χ3v) is 1.74. The highest BCUT2D eigenvalue weighted by Gasteiger charge is 1.96. The number of benzene rings is 1. The maximum Gasteiger partial charge on any atom is 0.248 e. The van der Waals surface area contributed by atoms with Gasteiger partial charge >= 0.3 is 0 Å². The van der Waals surface area contributed by atoms with Crippen LogP contribution in [0.1, 0.15) is 33.3 Å². The fourth-order valence-corrected chi connectivity index (χ4v) is 1.08. The van der Waals surface area contributed by atoms with Crippen LogP contribution < -0.4 is 5.32 Å². The average Bonchev–Trinajstić information content (AvgIpc) is 2.23. The maximum absolute atomic E-state index is 11.3. The molecule has 0 atom stereocenters. The number of hydrogen-bond donors (Lipinski definition) is 1. The first-order valence-corrected chi connectivity index (χ1v) is 5.60. The summed E-state index contributed by atoms with van der Waals surface area (Å²) in [6.45, 7) is 9.81. The van der Waals surface area contributed by atoms with E-state index < -0.39 is 0 Å². The van der Waals surface area contributed by atoms with Gasteiger partial charge in [0.1, 0.15) is 0 Å². The van der Waals surface area contributed by atoms with Crippen LogP contribution in [0.4, 0.5) is 5.69 Å². The molecule has 1 amide bonds. The number of carbonyl (C=O) groups is 1. The van der Waals surface area contributed by atoms with E-state index >= 15 is 0 Å². The second-order valence-corrected chi connectivity index (χ2v) is 3.58. The van der Waals surface area contributed by atoms with Crippen LogP contribution >= 0.6 is 0 Å². The molecule has 0 aliphatic heterocycles. The van der Waals surface area contributed by atoms with Gasteiger partial charge < -0.3 is 5.32 Å². The molecule has 88 valence electrons. The smallest absolute Gasteiger partial charge is 0.248 e. The third kappa shape index (κ3) is 6.02. The summed E-state index contributed by atoms with van der Waals surface area (Å²) < 4.78 is 0. The van der Waals surface area contributed by atoms with Crippen molar-refractivity contribution in [1.82, 2.24) is 0 Å². The number of aryl methyl sites for hydroxylation is 1. The topological polar surface area (TPSA) is 29.1 Å². The van der Waals surface area contributed by atoms with E-state index in [-0.39, 0.29) is 5.91 Å². The number of rotatable bonds is 2. The van der Waals surface area contributed by atoms with Crippen LogP contribution in [-0.2, 0) is 4.79 Å².